The predicted octanol–water partition coefficient (Wildman–Crippen LogP) is 3.08. The molecule has 0 saturated carbocycles. The Labute approximate surface area is 182 Å². The molecule has 0 fully saturated rings. The van der Waals surface area contributed by atoms with E-state index in [4.69, 9.17) is 0 Å². The van der Waals surface area contributed by atoms with Crippen LogP contribution in [0.5, 0.6) is 0 Å². The van der Waals surface area contributed by atoms with Crippen molar-refractivity contribution in [2.75, 3.05) is 18.9 Å². The monoisotopic (exact) mass is 420 g/mol. The van der Waals surface area contributed by atoms with Crippen molar-refractivity contribution in [3.05, 3.63) is 66.5 Å². The number of aromatic nitrogens is 3. The van der Waals surface area contributed by atoms with Crippen molar-refractivity contribution in [1.29, 1.82) is 0 Å². The van der Waals surface area contributed by atoms with E-state index in [1.165, 1.54) is 4.90 Å². The van der Waals surface area contributed by atoms with E-state index >= 15 is 0 Å². The third-order valence-electron chi connectivity index (χ3n) is 5.00. The summed E-state index contributed by atoms with van der Waals surface area (Å²) in [5.74, 6) is 0.277. The molecule has 8 nitrogen and oxygen atoms in total. The van der Waals surface area contributed by atoms with Crippen LogP contribution in [-0.2, 0) is 18.3 Å². The topological polar surface area (TPSA) is 92.2 Å². The van der Waals surface area contributed by atoms with E-state index in [9.17, 15) is 9.59 Å². The van der Waals surface area contributed by atoms with Crippen LogP contribution in [-0.4, -0.2) is 51.2 Å². The molecular formula is C23H28N6O2. The smallest absolute Gasteiger partial charge is 0.317 e. The Bertz CT molecular complexity index is 1000. The molecule has 3 amide bonds. The van der Waals surface area contributed by atoms with Gasteiger partial charge in [0, 0.05) is 51.1 Å². The number of hydrogen-bond donors (Lipinski definition) is 2. The summed E-state index contributed by atoms with van der Waals surface area (Å²) >= 11 is 0. The largest absolute Gasteiger partial charge is 0.338 e. The van der Waals surface area contributed by atoms with Gasteiger partial charge in [-0.1, -0.05) is 37.3 Å². The lowest BCUT2D eigenvalue weighted by molar-refractivity contribution is -0.120. The molecule has 0 spiro atoms. The second-order valence-electron chi connectivity index (χ2n) is 7.31. The lowest BCUT2D eigenvalue weighted by Gasteiger charge is -2.27. The molecule has 0 saturated heterocycles. The molecule has 0 aliphatic heterocycles. The number of pyridine rings is 1. The fourth-order valence-corrected chi connectivity index (χ4v) is 3.20. The van der Waals surface area contributed by atoms with Crippen molar-refractivity contribution >= 4 is 17.8 Å². The third kappa shape index (κ3) is 5.69. The van der Waals surface area contributed by atoms with E-state index in [0.29, 0.717) is 18.8 Å². The van der Waals surface area contributed by atoms with Gasteiger partial charge in [0.15, 0.2) is 0 Å². The highest BCUT2D eigenvalue weighted by Gasteiger charge is 2.28. The molecule has 0 aliphatic carbocycles. The molecule has 1 atom stereocenters. The summed E-state index contributed by atoms with van der Waals surface area (Å²) in [6.45, 7) is 2.54. The second kappa shape index (κ2) is 10.4. The Kier molecular flexibility index (Phi) is 7.37. The Balaban J connectivity index is 1.81. The first kappa shape index (κ1) is 22.0. The summed E-state index contributed by atoms with van der Waals surface area (Å²) in [6.07, 6.45) is 4.61. The average Bonchev–Trinajstić information content (AvgIpc) is 3.16. The van der Waals surface area contributed by atoms with Gasteiger partial charge in [-0.05, 0) is 24.1 Å². The van der Waals surface area contributed by atoms with Gasteiger partial charge in [-0.25, -0.2) is 4.79 Å². The number of aryl methyl sites for hydroxylation is 1. The predicted molar refractivity (Wildman–Crippen MR) is 120 cm³/mol. The van der Waals surface area contributed by atoms with E-state index in [2.05, 4.69) is 20.7 Å². The number of nitrogens with one attached hydrogen (secondary N) is 2. The zero-order valence-corrected chi connectivity index (χ0v) is 18.1. The fraction of sp³-hybridized carbons (Fsp3) is 0.304. The summed E-state index contributed by atoms with van der Waals surface area (Å²) < 4.78 is 1.62. The van der Waals surface area contributed by atoms with E-state index < -0.39 is 6.04 Å². The van der Waals surface area contributed by atoms with E-state index in [1.54, 1.807) is 31.2 Å². The van der Waals surface area contributed by atoms with Gasteiger partial charge in [0.05, 0.1) is 5.69 Å². The van der Waals surface area contributed by atoms with Crippen LogP contribution in [0.2, 0.25) is 0 Å². The molecule has 0 aliphatic rings. The van der Waals surface area contributed by atoms with Crippen LogP contribution in [0.3, 0.4) is 0 Å². The van der Waals surface area contributed by atoms with E-state index in [0.717, 1.165) is 23.2 Å². The molecule has 0 bridgehead atoms. The highest BCUT2D eigenvalue weighted by molar-refractivity contribution is 5.97. The van der Waals surface area contributed by atoms with Crippen LogP contribution < -0.4 is 10.6 Å². The lowest BCUT2D eigenvalue weighted by Crippen LogP contribution is -2.50. The minimum Gasteiger partial charge on any atom is -0.338 e. The Morgan fingerprint density at radius 1 is 1.13 bits per heavy atom. The van der Waals surface area contributed by atoms with Crippen molar-refractivity contribution in [1.82, 2.24) is 25.0 Å². The number of benzene rings is 1. The minimum atomic E-state index is -0.682. The van der Waals surface area contributed by atoms with Gasteiger partial charge < -0.3 is 15.5 Å². The standard InChI is InChI=1S/C23H28N6O2/c1-4-12-25-23(31)28(2)20(15-17-8-6-5-7-9-17)22(30)26-21-16-19(27-29(21)3)18-10-13-24-14-11-18/h5-11,13-14,16,20H,4,12,15H2,1-3H3,(H,25,31)(H,26,30)/t20-/m0/s1. The zero-order valence-electron chi connectivity index (χ0n) is 18.1. The minimum absolute atomic E-state index is 0.276. The lowest BCUT2D eigenvalue weighted by atomic mass is 10.0. The number of carbonyl (C=O) groups is 2. The van der Waals surface area contributed by atoms with Crippen molar-refractivity contribution in [3.8, 4) is 11.3 Å². The molecule has 0 unspecified atom stereocenters. The van der Waals surface area contributed by atoms with Gasteiger partial charge in [0.25, 0.3) is 0 Å². The second-order valence-corrected chi connectivity index (χ2v) is 7.31. The third-order valence-corrected chi connectivity index (χ3v) is 5.00. The van der Waals surface area contributed by atoms with Crippen molar-refractivity contribution < 1.29 is 9.59 Å². The van der Waals surface area contributed by atoms with Crippen molar-refractivity contribution in [2.24, 2.45) is 7.05 Å². The van der Waals surface area contributed by atoms with Crippen LogP contribution >= 0.6 is 0 Å². The first-order chi connectivity index (χ1) is 15.0. The summed E-state index contributed by atoms with van der Waals surface area (Å²) in [6, 6.07) is 14.2. The Hall–Kier alpha value is -3.68. The average molecular weight is 421 g/mol. The maximum atomic E-state index is 13.3. The molecule has 2 N–H and O–H groups in total. The quantitative estimate of drug-likeness (QED) is 0.586. The molecule has 2 aromatic heterocycles. The first-order valence-corrected chi connectivity index (χ1v) is 10.3. The number of likely N-dealkylation sites (N-methyl/N-ethyl adjacent to an activating group) is 1. The number of hydrogen-bond acceptors (Lipinski definition) is 4. The van der Waals surface area contributed by atoms with Gasteiger partial charge in [-0.15, -0.1) is 0 Å². The van der Waals surface area contributed by atoms with Gasteiger partial charge in [0.2, 0.25) is 5.91 Å². The highest BCUT2D eigenvalue weighted by atomic mass is 16.2. The van der Waals surface area contributed by atoms with Gasteiger partial charge in [-0.2, -0.15) is 5.10 Å². The maximum Gasteiger partial charge on any atom is 0.317 e. The molecule has 1 aromatic carbocycles. The summed E-state index contributed by atoms with van der Waals surface area (Å²) in [5.41, 5.74) is 2.61. The number of amides is 3. The van der Waals surface area contributed by atoms with Crippen molar-refractivity contribution in [3.63, 3.8) is 0 Å². The molecular weight excluding hydrogens is 392 g/mol. The molecule has 8 heteroatoms. The highest BCUT2D eigenvalue weighted by Crippen LogP contribution is 2.21. The van der Waals surface area contributed by atoms with Gasteiger partial charge in [0.1, 0.15) is 11.9 Å². The molecule has 162 valence electrons. The van der Waals surface area contributed by atoms with Crippen LogP contribution in [0.15, 0.2) is 60.9 Å². The van der Waals surface area contributed by atoms with Crippen LogP contribution in [0.1, 0.15) is 18.9 Å². The molecule has 2 heterocycles. The number of carbonyl (C=O) groups excluding carboxylic acids is 2. The fourth-order valence-electron chi connectivity index (χ4n) is 3.20. The number of anilines is 1. The van der Waals surface area contributed by atoms with E-state index in [-0.39, 0.29) is 11.9 Å². The Morgan fingerprint density at radius 3 is 2.52 bits per heavy atom. The molecule has 31 heavy (non-hydrogen) atoms. The van der Waals surface area contributed by atoms with Crippen LogP contribution in [0.25, 0.3) is 11.3 Å². The molecule has 3 aromatic rings. The molecule has 3 rings (SSSR count). The van der Waals surface area contributed by atoms with Crippen molar-refractivity contribution in [2.45, 2.75) is 25.8 Å². The zero-order chi connectivity index (χ0) is 22.2. The van der Waals surface area contributed by atoms with Crippen LogP contribution in [0, 0.1) is 0 Å². The Morgan fingerprint density at radius 2 is 1.84 bits per heavy atom. The van der Waals surface area contributed by atoms with Gasteiger partial charge >= 0.3 is 6.03 Å². The van der Waals surface area contributed by atoms with E-state index in [1.807, 2.05) is 55.5 Å². The number of nitrogens with zero attached hydrogens (tertiary/aromatic N) is 4. The van der Waals surface area contributed by atoms with Crippen LogP contribution in [0.4, 0.5) is 10.6 Å². The normalized spacial score (nSPS) is 11.6. The summed E-state index contributed by atoms with van der Waals surface area (Å²) in [5, 5.41) is 10.3. The first-order valence-electron chi connectivity index (χ1n) is 10.3. The summed E-state index contributed by atoms with van der Waals surface area (Å²) in [4.78, 5) is 31.3. The molecule has 0 radical (unpaired) electrons. The maximum absolute atomic E-state index is 13.3. The number of urea groups is 1. The number of rotatable bonds is 8. The summed E-state index contributed by atoms with van der Waals surface area (Å²) in [7, 11) is 3.41. The SMILES string of the molecule is CCCNC(=O)N(C)[C@@H](Cc1ccccc1)C(=O)Nc1cc(-c2ccncc2)nn1C. The van der Waals surface area contributed by atoms with Gasteiger partial charge in [-0.3, -0.25) is 14.5 Å².